The van der Waals surface area contributed by atoms with E-state index in [-0.39, 0.29) is 17.2 Å². The molecule has 4 rings (SSSR count). The number of alkyl halides is 3. The molecule has 154 valence electrons. The first-order valence-corrected chi connectivity index (χ1v) is 9.99. The second-order valence-electron chi connectivity index (χ2n) is 8.03. The predicted octanol–water partition coefficient (Wildman–Crippen LogP) is 4.16. The lowest BCUT2D eigenvalue weighted by atomic mass is 9.93. The molecule has 1 aromatic carbocycles. The summed E-state index contributed by atoms with van der Waals surface area (Å²) < 4.78 is 38.0. The molecular formula is C22H24F3N3O. The Balaban J connectivity index is 1.28. The maximum Gasteiger partial charge on any atom is 0.417 e. The highest BCUT2D eigenvalue weighted by Crippen LogP contribution is 2.47. The van der Waals surface area contributed by atoms with Crippen LogP contribution in [0.2, 0.25) is 0 Å². The van der Waals surface area contributed by atoms with E-state index in [1.165, 1.54) is 11.6 Å². The fraction of sp³-hybridized carbons (Fsp3) is 0.455. The van der Waals surface area contributed by atoms with Crippen LogP contribution >= 0.6 is 0 Å². The third kappa shape index (κ3) is 4.38. The molecule has 2 heterocycles. The third-order valence-corrected chi connectivity index (χ3v) is 6.11. The molecule has 1 aromatic heterocycles. The van der Waals surface area contributed by atoms with Crippen molar-refractivity contribution < 1.29 is 18.0 Å². The highest BCUT2D eigenvalue weighted by atomic mass is 19.4. The first-order valence-electron chi connectivity index (χ1n) is 9.99. The van der Waals surface area contributed by atoms with Crippen LogP contribution in [0.1, 0.15) is 36.8 Å². The van der Waals surface area contributed by atoms with Crippen molar-refractivity contribution in [3.8, 4) is 0 Å². The SMILES string of the molecule is O=C(NCC1(c2ccccc2)CC1)C1CCN(c2ccc(C(F)(F)F)cn2)CC1. The van der Waals surface area contributed by atoms with Crippen molar-refractivity contribution >= 4 is 11.7 Å². The van der Waals surface area contributed by atoms with E-state index in [1.54, 1.807) is 0 Å². The Morgan fingerprint density at radius 3 is 2.34 bits per heavy atom. The Hall–Kier alpha value is -2.57. The molecule has 4 nitrogen and oxygen atoms in total. The van der Waals surface area contributed by atoms with Gasteiger partial charge in [0.15, 0.2) is 0 Å². The quantitative estimate of drug-likeness (QED) is 0.815. The Kier molecular flexibility index (Phi) is 5.23. The fourth-order valence-corrected chi connectivity index (χ4v) is 4.02. The van der Waals surface area contributed by atoms with Gasteiger partial charge in [0.25, 0.3) is 0 Å². The maximum absolute atomic E-state index is 12.7. The zero-order valence-corrected chi connectivity index (χ0v) is 16.1. The highest BCUT2D eigenvalue weighted by molar-refractivity contribution is 5.79. The van der Waals surface area contributed by atoms with Gasteiger partial charge in [0.2, 0.25) is 5.91 Å². The van der Waals surface area contributed by atoms with Crippen molar-refractivity contribution in [2.75, 3.05) is 24.5 Å². The monoisotopic (exact) mass is 403 g/mol. The lowest BCUT2D eigenvalue weighted by molar-refractivity contribution is -0.137. The summed E-state index contributed by atoms with van der Waals surface area (Å²) in [5, 5.41) is 3.13. The van der Waals surface area contributed by atoms with E-state index in [9.17, 15) is 18.0 Å². The van der Waals surface area contributed by atoms with E-state index in [4.69, 9.17) is 0 Å². The molecule has 1 N–H and O–H groups in total. The maximum atomic E-state index is 12.7. The summed E-state index contributed by atoms with van der Waals surface area (Å²) in [5.41, 5.74) is 0.619. The molecular weight excluding hydrogens is 379 g/mol. The summed E-state index contributed by atoms with van der Waals surface area (Å²) in [6, 6.07) is 12.8. The topological polar surface area (TPSA) is 45.2 Å². The lowest BCUT2D eigenvalue weighted by Gasteiger charge is -2.32. The summed E-state index contributed by atoms with van der Waals surface area (Å²) in [6.45, 7) is 1.89. The van der Waals surface area contributed by atoms with Crippen LogP contribution in [0.15, 0.2) is 48.7 Å². The van der Waals surface area contributed by atoms with E-state index in [0.717, 1.165) is 25.1 Å². The van der Waals surface area contributed by atoms with Crippen LogP contribution < -0.4 is 10.2 Å². The molecule has 2 fully saturated rings. The normalized spacial score (nSPS) is 19.1. The number of benzene rings is 1. The summed E-state index contributed by atoms with van der Waals surface area (Å²) in [6.07, 6.45) is 0.0203. The number of hydrogen-bond donors (Lipinski definition) is 1. The average molecular weight is 403 g/mol. The Bertz CT molecular complexity index is 840. The molecule has 2 aliphatic rings. The van der Waals surface area contributed by atoms with Crippen LogP contribution in [0.4, 0.5) is 19.0 Å². The van der Waals surface area contributed by atoms with Gasteiger partial charge in [0.1, 0.15) is 5.82 Å². The zero-order valence-electron chi connectivity index (χ0n) is 16.1. The van der Waals surface area contributed by atoms with Gasteiger partial charge >= 0.3 is 6.18 Å². The number of carbonyl (C=O) groups is 1. The molecule has 1 amide bonds. The van der Waals surface area contributed by atoms with E-state index >= 15 is 0 Å². The van der Waals surface area contributed by atoms with Gasteiger partial charge in [-0.2, -0.15) is 13.2 Å². The predicted molar refractivity (Wildman–Crippen MR) is 105 cm³/mol. The molecule has 0 spiro atoms. The van der Waals surface area contributed by atoms with Crippen molar-refractivity contribution in [3.63, 3.8) is 0 Å². The molecule has 1 saturated carbocycles. The fourth-order valence-electron chi connectivity index (χ4n) is 4.02. The minimum absolute atomic E-state index is 0.0627. The van der Waals surface area contributed by atoms with E-state index in [1.807, 2.05) is 23.1 Å². The van der Waals surface area contributed by atoms with Gasteiger partial charge in [0, 0.05) is 37.2 Å². The standard InChI is InChI=1S/C22H24F3N3O/c23-22(24,25)18-6-7-19(26-14-18)28-12-8-16(9-13-28)20(29)27-15-21(10-11-21)17-4-2-1-3-5-17/h1-7,14,16H,8-13,15H2,(H,27,29). The summed E-state index contributed by atoms with van der Waals surface area (Å²) in [5.74, 6) is 0.539. The summed E-state index contributed by atoms with van der Waals surface area (Å²) in [7, 11) is 0. The van der Waals surface area contributed by atoms with Gasteiger partial charge in [-0.05, 0) is 43.4 Å². The Labute approximate surface area is 168 Å². The number of hydrogen-bond acceptors (Lipinski definition) is 3. The smallest absolute Gasteiger partial charge is 0.357 e. The molecule has 0 unspecified atom stereocenters. The van der Waals surface area contributed by atoms with Crippen molar-refractivity contribution in [2.24, 2.45) is 5.92 Å². The number of nitrogens with zero attached hydrogens (tertiary/aromatic N) is 2. The summed E-state index contributed by atoms with van der Waals surface area (Å²) in [4.78, 5) is 18.5. The van der Waals surface area contributed by atoms with E-state index in [0.29, 0.717) is 38.3 Å². The molecule has 2 aromatic rings. The third-order valence-electron chi connectivity index (χ3n) is 6.11. The number of rotatable bonds is 5. The van der Waals surface area contributed by atoms with Gasteiger partial charge in [-0.3, -0.25) is 4.79 Å². The van der Waals surface area contributed by atoms with Crippen LogP contribution in [0.3, 0.4) is 0 Å². The summed E-state index contributed by atoms with van der Waals surface area (Å²) >= 11 is 0. The van der Waals surface area contributed by atoms with Crippen molar-refractivity contribution in [2.45, 2.75) is 37.3 Å². The lowest BCUT2D eigenvalue weighted by Crippen LogP contribution is -2.42. The van der Waals surface area contributed by atoms with Crippen LogP contribution in [-0.2, 0) is 16.4 Å². The number of amides is 1. The van der Waals surface area contributed by atoms with Crippen molar-refractivity contribution in [1.29, 1.82) is 0 Å². The molecule has 1 aliphatic heterocycles. The molecule has 1 aliphatic carbocycles. The number of nitrogens with one attached hydrogen (secondary N) is 1. The minimum Gasteiger partial charge on any atom is -0.357 e. The Morgan fingerprint density at radius 1 is 1.10 bits per heavy atom. The first kappa shape index (κ1) is 19.7. The molecule has 1 saturated heterocycles. The number of carbonyl (C=O) groups excluding carboxylic acids is 1. The molecule has 0 atom stereocenters. The van der Waals surface area contributed by atoms with Crippen LogP contribution in [0.5, 0.6) is 0 Å². The molecule has 0 bridgehead atoms. The number of halogens is 3. The van der Waals surface area contributed by atoms with Gasteiger partial charge in [0.05, 0.1) is 5.56 Å². The van der Waals surface area contributed by atoms with E-state index < -0.39 is 11.7 Å². The Morgan fingerprint density at radius 2 is 1.79 bits per heavy atom. The van der Waals surface area contributed by atoms with Gasteiger partial charge < -0.3 is 10.2 Å². The average Bonchev–Trinajstić information content (AvgIpc) is 3.54. The van der Waals surface area contributed by atoms with E-state index in [2.05, 4.69) is 22.4 Å². The molecule has 0 radical (unpaired) electrons. The first-order chi connectivity index (χ1) is 13.9. The number of piperidine rings is 1. The second-order valence-corrected chi connectivity index (χ2v) is 8.03. The zero-order chi connectivity index (χ0) is 20.5. The number of pyridine rings is 1. The van der Waals surface area contributed by atoms with Gasteiger partial charge in [-0.25, -0.2) is 4.98 Å². The minimum atomic E-state index is -4.38. The van der Waals surface area contributed by atoms with Crippen LogP contribution in [0.25, 0.3) is 0 Å². The van der Waals surface area contributed by atoms with Crippen LogP contribution in [0, 0.1) is 5.92 Å². The molecule has 7 heteroatoms. The second kappa shape index (κ2) is 7.69. The highest BCUT2D eigenvalue weighted by Gasteiger charge is 2.44. The van der Waals surface area contributed by atoms with Crippen molar-refractivity contribution in [3.05, 3.63) is 59.8 Å². The van der Waals surface area contributed by atoms with Crippen LogP contribution in [-0.4, -0.2) is 30.5 Å². The van der Waals surface area contributed by atoms with Gasteiger partial charge in [-0.15, -0.1) is 0 Å². The number of anilines is 1. The largest absolute Gasteiger partial charge is 0.417 e. The molecule has 29 heavy (non-hydrogen) atoms. The van der Waals surface area contributed by atoms with Crippen molar-refractivity contribution in [1.82, 2.24) is 10.3 Å². The number of aromatic nitrogens is 1. The van der Waals surface area contributed by atoms with Gasteiger partial charge in [-0.1, -0.05) is 30.3 Å².